The van der Waals surface area contributed by atoms with Crippen molar-refractivity contribution in [1.82, 2.24) is 9.78 Å². The number of hydrogen-bond donors (Lipinski definition) is 1. The first-order valence-corrected chi connectivity index (χ1v) is 7.77. The third-order valence-corrected chi connectivity index (χ3v) is 3.87. The molecule has 0 atom stereocenters. The molecule has 3 rings (SSSR count). The van der Waals surface area contributed by atoms with Gasteiger partial charge in [-0.1, -0.05) is 12.1 Å². The van der Waals surface area contributed by atoms with E-state index in [1.807, 2.05) is 62.1 Å². The molecule has 2 heterocycles. The van der Waals surface area contributed by atoms with Gasteiger partial charge in [-0.3, -0.25) is 0 Å². The van der Waals surface area contributed by atoms with E-state index in [4.69, 9.17) is 5.73 Å². The summed E-state index contributed by atoms with van der Waals surface area (Å²) in [6, 6.07) is 10.2. The molecule has 24 heavy (non-hydrogen) atoms. The van der Waals surface area contributed by atoms with Gasteiger partial charge in [0.2, 0.25) is 0 Å². The fraction of sp³-hybridized carbons (Fsp3) is 0.222. The van der Waals surface area contributed by atoms with Crippen LogP contribution in [0.2, 0.25) is 0 Å². The van der Waals surface area contributed by atoms with Crippen LogP contribution in [-0.4, -0.2) is 9.78 Å². The van der Waals surface area contributed by atoms with Crippen molar-refractivity contribution in [3.8, 4) is 0 Å². The summed E-state index contributed by atoms with van der Waals surface area (Å²) in [5.41, 5.74) is 10.9. The molecule has 0 saturated carbocycles. The summed E-state index contributed by atoms with van der Waals surface area (Å²) >= 11 is 0. The number of nitrogens with zero attached hydrogens (tertiary/aromatic N) is 5. The second-order valence-corrected chi connectivity index (χ2v) is 5.93. The molecular formula is C18H21N6+. The molecule has 0 bridgehead atoms. The highest BCUT2D eigenvalue weighted by Gasteiger charge is 2.08. The van der Waals surface area contributed by atoms with Crippen LogP contribution in [0.4, 0.5) is 17.2 Å². The summed E-state index contributed by atoms with van der Waals surface area (Å²) in [5.74, 6) is 0.511. The number of hydrogen-bond acceptors (Lipinski definition) is 4. The molecule has 2 aromatic heterocycles. The van der Waals surface area contributed by atoms with Crippen LogP contribution in [0.1, 0.15) is 16.7 Å². The van der Waals surface area contributed by atoms with E-state index < -0.39 is 0 Å². The van der Waals surface area contributed by atoms with Crippen molar-refractivity contribution in [2.75, 3.05) is 5.73 Å². The molecule has 1 aromatic carbocycles. The Bertz CT molecular complexity index is 877. The molecule has 122 valence electrons. The van der Waals surface area contributed by atoms with Crippen LogP contribution in [0, 0.1) is 13.8 Å². The number of benzene rings is 1. The van der Waals surface area contributed by atoms with Crippen molar-refractivity contribution >= 4 is 17.2 Å². The molecule has 0 fully saturated rings. The Morgan fingerprint density at radius 2 is 1.79 bits per heavy atom. The Hall–Kier alpha value is -3.02. The van der Waals surface area contributed by atoms with E-state index in [-0.39, 0.29) is 0 Å². The lowest BCUT2D eigenvalue weighted by atomic mass is 10.1. The average molecular weight is 321 g/mol. The van der Waals surface area contributed by atoms with Crippen LogP contribution < -0.4 is 10.3 Å². The van der Waals surface area contributed by atoms with Crippen molar-refractivity contribution in [3.05, 3.63) is 65.6 Å². The van der Waals surface area contributed by atoms with Gasteiger partial charge in [-0.2, -0.15) is 10.2 Å². The minimum Gasteiger partial charge on any atom is -0.382 e. The van der Waals surface area contributed by atoms with Crippen LogP contribution in [0.25, 0.3) is 0 Å². The molecule has 3 aromatic rings. The van der Waals surface area contributed by atoms with E-state index in [2.05, 4.69) is 21.4 Å². The normalized spacial score (nSPS) is 11.3. The smallest absolute Gasteiger partial charge is 0.168 e. The lowest BCUT2D eigenvalue weighted by Crippen LogP contribution is -2.26. The summed E-state index contributed by atoms with van der Waals surface area (Å²) in [4.78, 5) is 0. The molecule has 0 radical (unpaired) electrons. The maximum atomic E-state index is 6.15. The zero-order chi connectivity index (χ0) is 17.1. The number of anilines is 1. The van der Waals surface area contributed by atoms with Gasteiger partial charge in [-0.05, 0) is 36.6 Å². The topological polar surface area (TPSA) is 72.4 Å². The highest BCUT2D eigenvalue weighted by Crippen LogP contribution is 2.26. The van der Waals surface area contributed by atoms with Crippen molar-refractivity contribution in [1.29, 1.82) is 0 Å². The Morgan fingerprint density at radius 1 is 1.08 bits per heavy atom. The Morgan fingerprint density at radius 3 is 2.54 bits per heavy atom. The van der Waals surface area contributed by atoms with Gasteiger partial charge in [0.05, 0.1) is 18.4 Å². The molecule has 0 aliphatic heterocycles. The molecule has 6 heteroatoms. The summed E-state index contributed by atoms with van der Waals surface area (Å²) in [5, 5.41) is 12.9. The van der Waals surface area contributed by atoms with E-state index >= 15 is 0 Å². The van der Waals surface area contributed by atoms with Gasteiger partial charge in [0.1, 0.15) is 18.6 Å². The second kappa shape index (κ2) is 6.62. The second-order valence-electron chi connectivity index (χ2n) is 5.93. The molecular weight excluding hydrogens is 300 g/mol. The molecule has 0 unspecified atom stereocenters. The molecule has 2 N–H and O–H groups in total. The monoisotopic (exact) mass is 321 g/mol. The number of nitrogens with two attached hydrogens (primary N) is 1. The lowest BCUT2D eigenvalue weighted by molar-refractivity contribution is -0.671. The fourth-order valence-electron chi connectivity index (χ4n) is 2.33. The summed E-state index contributed by atoms with van der Waals surface area (Å²) in [7, 11) is 1.98. The first-order chi connectivity index (χ1) is 11.5. The maximum absolute atomic E-state index is 6.15. The molecule has 0 aliphatic rings. The van der Waals surface area contributed by atoms with E-state index in [0.29, 0.717) is 18.1 Å². The largest absolute Gasteiger partial charge is 0.382 e. The first-order valence-electron chi connectivity index (χ1n) is 7.77. The van der Waals surface area contributed by atoms with Gasteiger partial charge in [-0.25, -0.2) is 9.25 Å². The highest BCUT2D eigenvalue weighted by atomic mass is 15.3. The Balaban J connectivity index is 1.80. The molecule has 0 amide bonds. The van der Waals surface area contributed by atoms with E-state index in [9.17, 15) is 0 Å². The number of azo groups is 1. The lowest BCUT2D eigenvalue weighted by Gasteiger charge is -2.03. The predicted molar refractivity (Wildman–Crippen MR) is 93.5 cm³/mol. The number of aryl methyl sites for hydroxylation is 3. The van der Waals surface area contributed by atoms with Crippen molar-refractivity contribution < 1.29 is 4.57 Å². The Labute approximate surface area is 141 Å². The molecule has 0 saturated heterocycles. The minimum absolute atomic E-state index is 0.511. The number of pyridine rings is 1. The molecule has 0 spiro atoms. The number of nitrogen functional groups attached to an aromatic ring is 1. The summed E-state index contributed by atoms with van der Waals surface area (Å²) in [6.45, 7) is 4.65. The molecule has 0 aliphatic carbocycles. The number of aromatic nitrogens is 3. The van der Waals surface area contributed by atoms with Crippen LogP contribution in [0.15, 0.2) is 59.2 Å². The van der Waals surface area contributed by atoms with Gasteiger partial charge in [0.15, 0.2) is 12.4 Å². The van der Waals surface area contributed by atoms with Gasteiger partial charge in [0, 0.05) is 12.1 Å². The Kier molecular flexibility index (Phi) is 4.37. The predicted octanol–water partition coefficient (Wildman–Crippen LogP) is 3.37. The summed E-state index contributed by atoms with van der Waals surface area (Å²) in [6.07, 6.45) is 5.64. The zero-order valence-electron chi connectivity index (χ0n) is 14.1. The third kappa shape index (κ3) is 3.48. The minimum atomic E-state index is 0.511. The van der Waals surface area contributed by atoms with Crippen LogP contribution >= 0.6 is 0 Å². The zero-order valence-corrected chi connectivity index (χ0v) is 14.1. The van der Waals surface area contributed by atoms with Crippen molar-refractivity contribution in [3.63, 3.8) is 0 Å². The SMILES string of the molecule is Cc1ccc(C)c(N=Nc2cnn(Cc3cc[n+](C)cc3)c2N)c1. The summed E-state index contributed by atoms with van der Waals surface area (Å²) < 4.78 is 3.71. The van der Waals surface area contributed by atoms with Gasteiger partial charge >= 0.3 is 0 Å². The molecule has 6 nitrogen and oxygen atoms in total. The third-order valence-electron chi connectivity index (χ3n) is 3.87. The number of rotatable bonds is 4. The van der Waals surface area contributed by atoms with E-state index in [1.165, 1.54) is 0 Å². The standard InChI is InChI=1S/C18H21N6/c1-13-4-5-14(2)16(10-13)21-22-17-11-20-24(18(17)19)12-15-6-8-23(3)9-7-15/h4-11H,12,19H2,1-3H3/q+1. The van der Waals surface area contributed by atoms with Gasteiger partial charge in [-0.15, -0.1) is 5.11 Å². The van der Waals surface area contributed by atoms with Crippen LogP contribution in [0.5, 0.6) is 0 Å². The maximum Gasteiger partial charge on any atom is 0.168 e. The highest BCUT2D eigenvalue weighted by molar-refractivity contribution is 5.57. The average Bonchev–Trinajstić information content (AvgIpc) is 2.91. The van der Waals surface area contributed by atoms with Crippen LogP contribution in [0.3, 0.4) is 0 Å². The van der Waals surface area contributed by atoms with Gasteiger partial charge < -0.3 is 5.73 Å². The van der Waals surface area contributed by atoms with E-state index in [0.717, 1.165) is 22.4 Å². The van der Waals surface area contributed by atoms with E-state index in [1.54, 1.807) is 10.9 Å². The van der Waals surface area contributed by atoms with Crippen molar-refractivity contribution in [2.24, 2.45) is 17.3 Å². The van der Waals surface area contributed by atoms with Crippen molar-refractivity contribution in [2.45, 2.75) is 20.4 Å². The first kappa shape index (κ1) is 15.9. The fourth-order valence-corrected chi connectivity index (χ4v) is 2.33. The quantitative estimate of drug-likeness (QED) is 0.591. The van der Waals surface area contributed by atoms with Gasteiger partial charge in [0.25, 0.3) is 0 Å². The van der Waals surface area contributed by atoms with Crippen LogP contribution in [-0.2, 0) is 13.6 Å².